The van der Waals surface area contributed by atoms with Crippen molar-refractivity contribution in [2.75, 3.05) is 0 Å². The number of phenolic OH excluding ortho intramolecular Hbond substituents is 2. The van der Waals surface area contributed by atoms with E-state index in [0.717, 1.165) is 59.7 Å². The Hall–Kier alpha value is -8.21. The summed E-state index contributed by atoms with van der Waals surface area (Å²) in [6.45, 7) is 25.7. The van der Waals surface area contributed by atoms with E-state index in [9.17, 15) is 49.7 Å². The fourth-order valence-corrected chi connectivity index (χ4v) is 13.5. The maximum absolute atomic E-state index is 15.8. The summed E-state index contributed by atoms with van der Waals surface area (Å²) in [6.07, 6.45) is -14.5. The largest absolute Gasteiger partial charge is 0.505 e. The predicted molar refractivity (Wildman–Crippen MR) is 334 cm³/mol. The Bertz CT molecular complexity index is 4360. The van der Waals surface area contributed by atoms with Crippen LogP contribution in [0, 0.1) is 29.4 Å². The first-order valence-corrected chi connectivity index (χ1v) is 29.6. The normalized spacial score (nSPS) is 13.9. The summed E-state index contributed by atoms with van der Waals surface area (Å²) in [5.41, 5.74) is -0.928. The fourth-order valence-electron chi connectivity index (χ4n) is 13.5. The molecular weight excluding hydrogens is 1180 g/mol. The van der Waals surface area contributed by atoms with Gasteiger partial charge in [-0.25, -0.2) is 8.78 Å². The zero-order valence-electron chi connectivity index (χ0n) is 52.2. The third kappa shape index (κ3) is 12.9. The lowest BCUT2D eigenvalue weighted by Gasteiger charge is -2.34. The fraction of sp³-hybridized carbons (Fsp3) is 0.342. The molecule has 0 saturated heterocycles. The van der Waals surface area contributed by atoms with Crippen LogP contribution in [0.2, 0.25) is 0 Å². The highest BCUT2D eigenvalue weighted by Gasteiger charge is 2.37. The summed E-state index contributed by atoms with van der Waals surface area (Å²) in [5.74, 6) is -1.88. The van der Waals surface area contributed by atoms with Crippen LogP contribution in [0.25, 0.3) is 77.2 Å². The molecule has 0 fully saturated rings. The quantitative estimate of drug-likeness (QED) is 0.106. The predicted octanol–water partition coefficient (Wildman–Crippen LogP) is 22.3. The molecule has 0 aliphatic rings. The van der Waals surface area contributed by atoms with Crippen LogP contribution in [0.4, 0.5) is 48.3 Å². The number of hydrogen-bond acceptors (Lipinski definition) is 4. The first kappa shape index (κ1) is 64.8. The Morgan fingerprint density at radius 3 is 1.03 bits per heavy atom. The van der Waals surface area contributed by atoms with Crippen molar-refractivity contribution in [1.82, 2.24) is 9.13 Å². The summed E-state index contributed by atoms with van der Waals surface area (Å²) >= 11 is 0. The maximum Gasteiger partial charge on any atom is 0.416 e. The standard InChI is InChI=1S/C73H71F11N2O4/c1-39-14-20-57-49(26-39)50-28-42(71(76,77)78)15-21-58(50)85(57)61-33-45(69(10,11)37-67(4,5)6)31-55(65(61)87)53-35-47(74)18-24-63(53)89-40(2)27-41(3)90-64-25-19-48(75)36-54(64)56-32-46(70(12,13)38-68(7,8)9)34-62(66(56)88)86-59-22-16-43(72(79,80)81)29-51(59)52-30-44(73(82,83)84)17-23-60(52)86/h14-26,28-36,40-41,87-88H,27,37-38H2,1-13H3/t40-,41+/m1/s1. The molecule has 17 heteroatoms. The highest BCUT2D eigenvalue weighted by molar-refractivity contribution is 6.11. The number of phenols is 2. The van der Waals surface area contributed by atoms with Gasteiger partial charge in [-0.1, -0.05) is 80.9 Å². The number of fused-ring (bicyclic) bond motifs is 6. The number of ether oxygens (including phenoxy) is 2. The molecule has 2 aromatic heterocycles. The van der Waals surface area contributed by atoms with Gasteiger partial charge in [0.15, 0.2) is 0 Å². The van der Waals surface area contributed by atoms with Crippen molar-refractivity contribution in [3.8, 4) is 56.6 Å². The second-order valence-electron chi connectivity index (χ2n) is 27.8. The van der Waals surface area contributed by atoms with Crippen LogP contribution in [-0.2, 0) is 29.4 Å². The lowest BCUT2D eigenvalue weighted by molar-refractivity contribution is -0.138. The Morgan fingerprint density at radius 1 is 0.389 bits per heavy atom. The third-order valence-electron chi connectivity index (χ3n) is 16.6. The first-order chi connectivity index (χ1) is 41.6. The van der Waals surface area contributed by atoms with Gasteiger partial charge in [0.05, 0.1) is 62.3 Å². The molecule has 90 heavy (non-hydrogen) atoms. The minimum atomic E-state index is -4.85. The van der Waals surface area contributed by atoms with Crippen molar-refractivity contribution in [3.63, 3.8) is 0 Å². The maximum atomic E-state index is 15.8. The number of nitrogens with zero attached hydrogens (tertiary/aromatic N) is 2. The molecule has 0 saturated carbocycles. The van der Waals surface area contributed by atoms with E-state index in [1.54, 1.807) is 48.7 Å². The van der Waals surface area contributed by atoms with Crippen molar-refractivity contribution in [1.29, 1.82) is 0 Å². The molecule has 0 spiro atoms. The summed E-state index contributed by atoms with van der Waals surface area (Å²) in [6, 6.07) is 29.0. The molecule has 0 unspecified atom stereocenters. The van der Waals surface area contributed by atoms with Gasteiger partial charge >= 0.3 is 18.5 Å². The summed E-state index contributed by atoms with van der Waals surface area (Å²) in [5, 5.41) is 26.0. The summed E-state index contributed by atoms with van der Waals surface area (Å²) in [7, 11) is 0. The molecule has 0 aliphatic carbocycles. The number of benzene rings is 8. The lowest BCUT2D eigenvalue weighted by atomic mass is 9.71. The minimum absolute atomic E-state index is 0.00415. The molecule has 474 valence electrons. The van der Waals surface area contributed by atoms with Crippen LogP contribution in [0.15, 0.2) is 133 Å². The summed E-state index contributed by atoms with van der Waals surface area (Å²) < 4.78 is 177. The number of alkyl halides is 9. The Balaban J connectivity index is 1.06. The molecule has 0 amide bonds. The Morgan fingerprint density at radius 2 is 0.711 bits per heavy atom. The minimum Gasteiger partial charge on any atom is -0.505 e. The van der Waals surface area contributed by atoms with Gasteiger partial charge < -0.3 is 28.8 Å². The summed E-state index contributed by atoms with van der Waals surface area (Å²) in [4.78, 5) is 0. The van der Waals surface area contributed by atoms with Gasteiger partial charge in [0, 0.05) is 50.2 Å². The molecule has 6 nitrogen and oxygen atoms in total. The Kier molecular flexibility index (Phi) is 16.3. The molecule has 0 radical (unpaired) electrons. The molecule has 8 aromatic carbocycles. The average molecular weight is 1250 g/mol. The molecular formula is C73H71F11N2O4. The van der Waals surface area contributed by atoms with E-state index in [-0.39, 0.29) is 89.9 Å². The number of rotatable bonds is 14. The lowest BCUT2D eigenvalue weighted by Crippen LogP contribution is -2.25. The van der Waals surface area contributed by atoms with Crippen LogP contribution in [0.5, 0.6) is 23.0 Å². The second kappa shape index (κ2) is 22.6. The number of halogens is 11. The molecule has 2 atom stereocenters. The van der Waals surface area contributed by atoms with Crippen molar-refractivity contribution in [2.45, 2.75) is 151 Å². The van der Waals surface area contributed by atoms with Crippen molar-refractivity contribution in [2.24, 2.45) is 10.8 Å². The molecule has 10 aromatic rings. The molecule has 0 aliphatic heterocycles. The van der Waals surface area contributed by atoms with Crippen LogP contribution >= 0.6 is 0 Å². The van der Waals surface area contributed by atoms with E-state index < -0.39 is 75.6 Å². The number of hydrogen-bond donors (Lipinski definition) is 2. The van der Waals surface area contributed by atoms with Gasteiger partial charge in [-0.05, 0) is 194 Å². The number of aromatic nitrogens is 2. The van der Waals surface area contributed by atoms with Gasteiger partial charge in [0.25, 0.3) is 0 Å². The van der Waals surface area contributed by atoms with Crippen LogP contribution < -0.4 is 9.47 Å². The van der Waals surface area contributed by atoms with Gasteiger partial charge in [0.2, 0.25) is 0 Å². The molecule has 2 heterocycles. The van der Waals surface area contributed by atoms with Gasteiger partial charge in [-0.2, -0.15) is 39.5 Å². The van der Waals surface area contributed by atoms with E-state index in [1.807, 2.05) is 53.7 Å². The zero-order chi connectivity index (χ0) is 65.9. The van der Waals surface area contributed by atoms with Crippen LogP contribution in [-0.4, -0.2) is 31.6 Å². The van der Waals surface area contributed by atoms with Gasteiger partial charge in [-0.15, -0.1) is 0 Å². The van der Waals surface area contributed by atoms with E-state index in [1.165, 1.54) is 47.0 Å². The van der Waals surface area contributed by atoms with E-state index in [4.69, 9.17) is 9.47 Å². The van der Waals surface area contributed by atoms with Crippen LogP contribution in [0.1, 0.15) is 136 Å². The first-order valence-electron chi connectivity index (χ1n) is 29.6. The van der Waals surface area contributed by atoms with Crippen molar-refractivity contribution >= 4 is 43.6 Å². The van der Waals surface area contributed by atoms with Crippen molar-refractivity contribution in [3.05, 3.63) is 178 Å². The van der Waals surface area contributed by atoms with Gasteiger partial charge in [0.1, 0.15) is 34.6 Å². The van der Waals surface area contributed by atoms with E-state index in [0.29, 0.717) is 40.2 Å². The Labute approximate surface area is 515 Å². The molecule has 0 bridgehead atoms. The topological polar surface area (TPSA) is 68.8 Å². The van der Waals surface area contributed by atoms with E-state index >= 15 is 8.78 Å². The average Bonchev–Trinajstić information content (AvgIpc) is 1.53. The monoisotopic (exact) mass is 1250 g/mol. The highest BCUT2D eigenvalue weighted by atomic mass is 19.4. The van der Waals surface area contributed by atoms with E-state index in [2.05, 4.69) is 34.6 Å². The zero-order valence-corrected chi connectivity index (χ0v) is 52.2. The third-order valence-corrected chi connectivity index (χ3v) is 16.6. The van der Waals surface area contributed by atoms with Crippen molar-refractivity contribution < 1.29 is 68.0 Å². The molecule has 10 rings (SSSR count). The number of aromatic hydroxyl groups is 2. The molecule has 2 N–H and O–H groups in total. The van der Waals surface area contributed by atoms with Gasteiger partial charge in [-0.3, -0.25) is 0 Å². The second-order valence-corrected chi connectivity index (χ2v) is 27.8. The number of aryl methyl sites for hydroxylation is 1. The SMILES string of the molecule is Cc1ccc2c(c1)c1cc(C(F)(F)F)ccc1n2-c1cc(C(C)(C)CC(C)(C)C)cc(-c2cc(F)ccc2O[C@H](C)C[C@H](C)Oc2ccc(F)cc2-c2cc(C(C)(C)CC(C)(C)C)cc(-n3c4ccc(C(F)(F)F)cc4c4cc(C(F)(F)F)ccc43)c2O)c1O. The highest BCUT2D eigenvalue weighted by Crippen LogP contribution is 2.51. The smallest absolute Gasteiger partial charge is 0.416 e. The van der Waals surface area contributed by atoms with Crippen LogP contribution in [0.3, 0.4) is 0 Å².